The number of hydrogen-bond donors (Lipinski definition) is 2. The van der Waals surface area contributed by atoms with Gasteiger partial charge in [0.2, 0.25) is 11.8 Å². The topological polar surface area (TPSA) is 80.0 Å². The lowest BCUT2D eigenvalue weighted by molar-refractivity contribution is -0.124. The molecule has 6 nitrogen and oxygen atoms in total. The second kappa shape index (κ2) is 6.51. The summed E-state index contributed by atoms with van der Waals surface area (Å²) >= 11 is 0. The Bertz CT molecular complexity index is 557. The fraction of sp³-hybridized carbons (Fsp3) is 0.800. The Labute approximate surface area is 133 Å². The number of carbonyl (C=O) groups excluding carboxylic acids is 1. The average molecular weight is 328 g/mol. The molecule has 2 atom stereocenters. The number of nitrogens with zero attached hydrogens (tertiary/aromatic N) is 2. The third-order valence-corrected chi connectivity index (χ3v) is 4.58. The van der Waals surface area contributed by atoms with Crippen molar-refractivity contribution in [3.05, 3.63) is 11.7 Å². The van der Waals surface area contributed by atoms with Gasteiger partial charge in [-0.3, -0.25) is 10.1 Å². The Kier molecular flexibility index (Phi) is 4.61. The molecule has 0 bridgehead atoms. The quantitative estimate of drug-likeness (QED) is 0.886. The Morgan fingerprint density at radius 1 is 1.39 bits per heavy atom. The highest BCUT2D eigenvalue weighted by Crippen LogP contribution is 2.31. The van der Waals surface area contributed by atoms with E-state index >= 15 is 0 Å². The lowest BCUT2D eigenvalue weighted by Crippen LogP contribution is -2.41. The van der Waals surface area contributed by atoms with Gasteiger partial charge in [0.1, 0.15) is 6.04 Å². The smallest absolute Gasteiger partial charge is 0.262 e. The first-order valence-corrected chi connectivity index (χ1v) is 8.20. The number of hydrogen-bond acceptors (Lipinski definition) is 5. The van der Waals surface area contributed by atoms with Crippen LogP contribution in [0.15, 0.2) is 4.52 Å². The van der Waals surface area contributed by atoms with Crippen molar-refractivity contribution in [2.45, 2.75) is 69.4 Å². The molecule has 23 heavy (non-hydrogen) atoms. The van der Waals surface area contributed by atoms with Crippen molar-refractivity contribution in [2.24, 2.45) is 0 Å². The normalized spacial score (nSPS) is 26.1. The SMILES string of the molecule is CC(NC(=O)C1CC(F)(F)CN1)c1nc(C2CCCCC2)no1. The minimum atomic E-state index is -2.83. The summed E-state index contributed by atoms with van der Waals surface area (Å²) in [6.07, 6.45) is 5.21. The molecular formula is C15H22F2N4O2. The summed E-state index contributed by atoms with van der Waals surface area (Å²) in [6, 6.07) is -1.38. The molecule has 8 heteroatoms. The van der Waals surface area contributed by atoms with E-state index in [1.54, 1.807) is 6.92 Å². The molecule has 1 aliphatic carbocycles. The Morgan fingerprint density at radius 2 is 2.13 bits per heavy atom. The lowest BCUT2D eigenvalue weighted by Gasteiger charge is -2.17. The minimum absolute atomic E-state index is 0.319. The highest BCUT2D eigenvalue weighted by atomic mass is 19.3. The van der Waals surface area contributed by atoms with Crippen LogP contribution >= 0.6 is 0 Å². The maximum atomic E-state index is 13.1. The summed E-state index contributed by atoms with van der Waals surface area (Å²) in [7, 11) is 0. The first-order chi connectivity index (χ1) is 10.9. The maximum Gasteiger partial charge on any atom is 0.262 e. The number of amides is 1. The predicted octanol–water partition coefficient (Wildman–Crippen LogP) is 2.29. The fourth-order valence-corrected chi connectivity index (χ4v) is 3.23. The second-order valence-corrected chi connectivity index (χ2v) is 6.55. The van der Waals surface area contributed by atoms with Crippen LogP contribution in [0.1, 0.15) is 69.1 Å². The van der Waals surface area contributed by atoms with Crippen LogP contribution in [-0.4, -0.2) is 34.6 Å². The molecule has 1 amide bonds. The van der Waals surface area contributed by atoms with E-state index in [9.17, 15) is 13.6 Å². The molecule has 2 aliphatic rings. The lowest BCUT2D eigenvalue weighted by atomic mass is 9.89. The van der Waals surface area contributed by atoms with Gasteiger partial charge >= 0.3 is 0 Å². The van der Waals surface area contributed by atoms with Crippen LogP contribution in [-0.2, 0) is 4.79 Å². The Balaban J connectivity index is 1.57. The van der Waals surface area contributed by atoms with E-state index in [-0.39, 0.29) is 0 Å². The van der Waals surface area contributed by atoms with Crippen molar-refractivity contribution in [3.8, 4) is 0 Å². The zero-order valence-electron chi connectivity index (χ0n) is 13.1. The van der Waals surface area contributed by atoms with Crippen LogP contribution in [0.3, 0.4) is 0 Å². The van der Waals surface area contributed by atoms with Gasteiger partial charge in [0.15, 0.2) is 5.82 Å². The Hall–Kier alpha value is -1.57. The maximum absolute atomic E-state index is 13.1. The van der Waals surface area contributed by atoms with Crippen LogP contribution in [0.25, 0.3) is 0 Å². The van der Waals surface area contributed by atoms with Gasteiger partial charge in [0, 0.05) is 12.3 Å². The molecule has 3 rings (SSSR count). The molecule has 0 spiro atoms. The molecule has 2 N–H and O–H groups in total. The molecule has 1 saturated carbocycles. The van der Waals surface area contributed by atoms with Gasteiger partial charge in [-0.15, -0.1) is 0 Å². The molecular weight excluding hydrogens is 306 g/mol. The number of carbonyl (C=O) groups is 1. The van der Waals surface area contributed by atoms with Crippen LogP contribution in [0, 0.1) is 0 Å². The van der Waals surface area contributed by atoms with Crippen molar-refractivity contribution in [2.75, 3.05) is 6.54 Å². The zero-order chi connectivity index (χ0) is 16.4. The predicted molar refractivity (Wildman–Crippen MR) is 78.0 cm³/mol. The van der Waals surface area contributed by atoms with Gasteiger partial charge in [0.05, 0.1) is 12.6 Å². The molecule has 1 aliphatic heterocycles. The second-order valence-electron chi connectivity index (χ2n) is 6.55. The fourth-order valence-electron chi connectivity index (χ4n) is 3.23. The van der Waals surface area contributed by atoms with Crippen molar-refractivity contribution in [3.63, 3.8) is 0 Å². The summed E-state index contributed by atoms with van der Waals surface area (Å²) in [6.45, 7) is 1.25. The monoisotopic (exact) mass is 328 g/mol. The first-order valence-electron chi connectivity index (χ1n) is 8.20. The van der Waals surface area contributed by atoms with E-state index in [2.05, 4.69) is 20.8 Å². The van der Waals surface area contributed by atoms with Crippen LogP contribution in [0.5, 0.6) is 0 Å². The summed E-state index contributed by atoms with van der Waals surface area (Å²) < 4.78 is 31.5. The van der Waals surface area contributed by atoms with Gasteiger partial charge in [-0.2, -0.15) is 4.98 Å². The van der Waals surface area contributed by atoms with Crippen LogP contribution in [0.2, 0.25) is 0 Å². The van der Waals surface area contributed by atoms with Gasteiger partial charge in [-0.1, -0.05) is 24.4 Å². The highest BCUT2D eigenvalue weighted by Gasteiger charge is 2.42. The molecule has 1 saturated heterocycles. The van der Waals surface area contributed by atoms with E-state index in [0.29, 0.717) is 17.6 Å². The van der Waals surface area contributed by atoms with Gasteiger partial charge in [-0.25, -0.2) is 8.78 Å². The van der Waals surface area contributed by atoms with Gasteiger partial charge < -0.3 is 9.84 Å². The number of halogens is 2. The van der Waals surface area contributed by atoms with E-state index < -0.39 is 36.9 Å². The average Bonchev–Trinajstić information content (AvgIpc) is 3.15. The van der Waals surface area contributed by atoms with E-state index in [1.165, 1.54) is 19.3 Å². The van der Waals surface area contributed by atoms with E-state index in [1.807, 2.05) is 0 Å². The first kappa shape index (κ1) is 16.3. The third-order valence-electron chi connectivity index (χ3n) is 4.58. The molecule has 0 radical (unpaired) electrons. The number of alkyl halides is 2. The van der Waals surface area contributed by atoms with Crippen molar-refractivity contribution in [1.82, 2.24) is 20.8 Å². The molecule has 0 aromatic carbocycles. The summed E-state index contributed by atoms with van der Waals surface area (Å²) in [4.78, 5) is 16.4. The number of nitrogens with one attached hydrogen (secondary N) is 2. The number of rotatable bonds is 4. The molecule has 2 fully saturated rings. The minimum Gasteiger partial charge on any atom is -0.343 e. The van der Waals surface area contributed by atoms with Crippen molar-refractivity contribution >= 4 is 5.91 Å². The van der Waals surface area contributed by atoms with Crippen LogP contribution in [0.4, 0.5) is 8.78 Å². The molecule has 1 aromatic rings. The van der Waals surface area contributed by atoms with Crippen LogP contribution < -0.4 is 10.6 Å². The zero-order valence-corrected chi connectivity index (χ0v) is 13.1. The standard InChI is InChI=1S/C15H22F2N4O2/c1-9(19-13(22)11-7-15(16,17)8-18-11)14-20-12(21-23-14)10-5-3-2-4-6-10/h9-11,18H,2-8H2,1H3,(H,19,22). The van der Waals surface area contributed by atoms with Crippen molar-refractivity contribution in [1.29, 1.82) is 0 Å². The summed E-state index contributed by atoms with van der Waals surface area (Å²) in [5, 5.41) is 9.21. The summed E-state index contributed by atoms with van der Waals surface area (Å²) in [5.74, 6) is -1.97. The molecule has 1 aromatic heterocycles. The molecule has 128 valence electrons. The Morgan fingerprint density at radius 3 is 2.78 bits per heavy atom. The van der Waals surface area contributed by atoms with E-state index in [4.69, 9.17) is 4.52 Å². The third kappa shape index (κ3) is 3.85. The molecule has 2 heterocycles. The van der Waals surface area contributed by atoms with Crippen molar-refractivity contribution < 1.29 is 18.1 Å². The molecule has 2 unspecified atom stereocenters. The number of aromatic nitrogens is 2. The van der Waals surface area contributed by atoms with Gasteiger partial charge in [0.25, 0.3) is 5.92 Å². The largest absolute Gasteiger partial charge is 0.343 e. The highest BCUT2D eigenvalue weighted by molar-refractivity contribution is 5.82. The van der Waals surface area contributed by atoms with Gasteiger partial charge in [-0.05, 0) is 19.8 Å². The van der Waals surface area contributed by atoms with E-state index in [0.717, 1.165) is 12.8 Å². The summed E-state index contributed by atoms with van der Waals surface area (Å²) in [5.41, 5.74) is 0.